The first-order chi connectivity index (χ1) is 21.9. The summed E-state index contributed by atoms with van der Waals surface area (Å²) in [4.78, 5) is 12.9. The van der Waals surface area contributed by atoms with Gasteiger partial charge >= 0.3 is 5.97 Å². The van der Waals surface area contributed by atoms with E-state index in [0.29, 0.717) is 13.0 Å². The van der Waals surface area contributed by atoms with Crippen LogP contribution in [0.1, 0.15) is 86.5 Å². The summed E-state index contributed by atoms with van der Waals surface area (Å²) in [6, 6.07) is 21.2. The van der Waals surface area contributed by atoms with Crippen molar-refractivity contribution in [2.75, 3.05) is 6.61 Å². The number of carbonyl (C=O) groups is 1. The molecule has 1 saturated heterocycles. The standard InChI is InChI=1S/C39H56O6Si/c1-7-29(28-43-46(38(2,3)4,33-18-10-8-11-19-33)34-20-12-9-13-21-34)24-25-32-26-30(40)27-35(41)39(5,6)36-22-14-16-31(44-36)17-15-23-37(42)45-32/h8-13,15,18-21,23-25,29-32,35-36,40-41H,7,14,16-17,22,26-28H2,1-6H3/b23-15+,25-24-/t29-,30-,31-,32-,35+,36+/m1/s1. The Hall–Kier alpha value is -2.55. The molecule has 0 amide bonds. The monoisotopic (exact) mass is 648 g/mol. The molecule has 0 aromatic heterocycles. The molecule has 46 heavy (non-hydrogen) atoms. The average Bonchev–Trinajstić information content (AvgIpc) is 3.02. The van der Waals surface area contributed by atoms with Crippen LogP contribution < -0.4 is 10.4 Å². The number of benzene rings is 2. The fourth-order valence-corrected chi connectivity index (χ4v) is 11.6. The Morgan fingerprint density at radius 3 is 2.22 bits per heavy atom. The molecule has 0 saturated carbocycles. The summed E-state index contributed by atoms with van der Waals surface area (Å²) in [6.45, 7) is 13.5. The lowest BCUT2D eigenvalue weighted by Gasteiger charge is -2.43. The van der Waals surface area contributed by atoms with Crippen molar-refractivity contribution < 1.29 is 28.9 Å². The molecule has 0 aliphatic carbocycles. The van der Waals surface area contributed by atoms with Crippen LogP contribution in [0.25, 0.3) is 0 Å². The van der Waals surface area contributed by atoms with Crippen molar-refractivity contribution in [3.63, 3.8) is 0 Å². The molecule has 2 aliphatic heterocycles. The minimum absolute atomic E-state index is 0.00122. The maximum absolute atomic E-state index is 12.9. The lowest BCUT2D eigenvalue weighted by atomic mass is 9.75. The molecule has 2 aromatic carbocycles. The van der Waals surface area contributed by atoms with Gasteiger partial charge in [0.2, 0.25) is 0 Å². The Morgan fingerprint density at radius 2 is 1.63 bits per heavy atom. The highest BCUT2D eigenvalue weighted by Gasteiger charge is 2.50. The number of fused-ring (bicyclic) bond motifs is 2. The molecule has 0 unspecified atom stereocenters. The third kappa shape index (κ3) is 8.87. The molecule has 1 fully saturated rings. The molecular weight excluding hydrogens is 593 g/mol. The number of hydrogen-bond donors (Lipinski definition) is 2. The largest absolute Gasteiger partial charge is 0.455 e. The predicted octanol–water partition coefficient (Wildman–Crippen LogP) is 6.48. The van der Waals surface area contributed by atoms with Crippen LogP contribution in [0, 0.1) is 11.3 Å². The molecule has 0 radical (unpaired) electrons. The third-order valence-electron chi connectivity index (χ3n) is 10.0. The van der Waals surface area contributed by atoms with Gasteiger partial charge in [0.25, 0.3) is 8.32 Å². The molecule has 252 valence electrons. The molecule has 2 aromatic rings. The SMILES string of the molecule is CC[C@H](/C=C\[C@@H]1C[C@@H](O)C[C@H](O)C(C)(C)[C@@H]2CCC[C@H](C/C=C/C(=O)O1)O2)CO[Si](c1ccccc1)(c1ccccc1)C(C)(C)C. The van der Waals surface area contributed by atoms with E-state index in [9.17, 15) is 15.0 Å². The van der Waals surface area contributed by atoms with Gasteiger partial charge in [0.1, 0.15) is 6.10 Å². The molecule has 7 heteroatoms. The zero-order valence-electron chi connectivity index (χ0n) is 28.7. The molecule has 0 spiro atoms. The van der Waals surface area contributed by atoms with Crippen LogP contribution >= 0.6 is 0 Å². The van der Waals surface area contributed by atoms with Crippen molar-refractivity contribution in [2.24, 2.45) is 11.3 Å². The van der Waals surface area contributed by atoms with Gasteiger partial charge in [-0.15, -0.1) is 0 Å². The summed E-state index contributed by atoms with van der Waals surface area (Å²) in [6.07, 6.45) is 9.60. The van der Waals surface area contributed by atoms with Crippen LogP contribution in [-0.2, 0) is 18.7 Å². The van der Waals surface area contributed by atoms with E-state index in [0.717, 1.165) is 25.7 Å². The topological polar surface area (TPSA) is 85.2 Å². The minimum Gasteiger partial charge on any atom is -0.455 e. The molecule has 6 nitrogen and oxygen atoms in total. The minimum atomic E-state index is -2.70. The van der Waals surface area contributed by atoms with E-state index in [1.54, 1.807) is 0 Å². The van der Waals surface area contributed by atoms with Crippen molar-refractivity contribution in [1.82, 2.24) is 0 Å². The number of aliphatic hydroxyl groups excluding tert-OH is 2. The van der Waals surface area contributed by atoms with E-state index < -0.39 is 38.0 Å². The number of carbonyl (C=O) groups excluding carboxylic acids is 1. The average molecular weight is 649 g/mol. The first-order valence-corrected chi connectivity index (χ1v) is 19.1. The Kier molecular flexibility index (Phi) is 12.6. The third-order valence-corrected chi connectivity index (χ3v) is 15.0. The summed E-state index contributed by atoms with van der Waals surface area (Å²) in [7, 11) is -2.70. The number of ether oxygens (including phenoxy) is 2. The maximum Gasteiger partial charge on any atom is 0.331 e. The van der Waals surface area contributed by atoms with E-state index in [1.807, 2.05) is 38.1 Å². The fraction of sp³-hybridized carbons (Fsp3) is 0.564. The highest BCUT2D eigenvalue weighted by Crippen LogP contribution is 2.39. The quantitative estimate of drug-likeness (QED) is 0.194. The van der Waals surface area contributed by atoms with Gasteiger partial charge in [-0.3, -0.25) is 0 Å². The van der Waals surface area contributed by atoms with Crippen molar-refractivity contribution in [1.29, 1.82) is 0 Å². The second-order valence-corrected chi connectivity index (χ2v) is 19.1. The number of rotatable bonds is 8. The van der Waals surface area contributed by atoms with E-state index in [4.69, 9.17) is 13.9 Å². The van der Waals surface area contributed by atoms with Gasteiger partial charge in [-0.2, -0.15) is 0 Å². The number of esters is 1. The highest BCUT2D eigenvalue weighted by atomic mass is 28.4. The first-order valence-electron chi connectivity index (χ1n) is 17.2. The van der Waals surface area contributed by atoms with Gasteiger partial charge in [0.05, 0.1) is 24.4 Å². The zero-order valence-corrected chi connectivity index (χ0v) is 29.7. The molecule has 2 aliphatic rings. The van der Waals surface area contributed by atoms with Crippen LogP contribution in [0.4, 0.5) is 0 Å². The molecule has 2 heterocycles. The van der Waals surface area contributed by atoms with E-state index in [2.05, 4.69) is 82.3 Å². The summed E-state index contributed by atoms with van der Waals surface area (Å²) in [5, 5.41) is 24.7. The lowest BCUT2D eigenvalue weighted by Crippen LogP contribution is -2.66. The zero-order chi connectivity index (χ0) is 33.4. The summed E-state index contributed by atoms with van der Waals surface area (Å²) in [5.41, 5.74) is -0.513. The van der Waals surface area contributed by atoms with Crippen molar-refractivity contribution in [3.8, 4) is 0 Å². The smallest absolute Gasteiger partial charge is 0.331 e. The van der Waals surface area contributed by atoms with Crippen molar-refractivity contribution >= 4 is 24.7 Å². The number of hydrogen-bond acceptors (Lipinski definition) is 6. The Balaban J connectivity index is 1.56. The van der Waals surface area contributed by atoms with Crippen molar-refractivity contribution in [3.05, 3.63) is 85.0 Å². The maximum atomic E-state index is 12.9. The lowest BCUT2D eigenvalue weighted by molar-refractivity contribution is -0.147. The summed E-state index contributed by atoms with van der Waals surface area (Å²) >= 11 is 0. The second-order valence-electron chi connectivity index (χ2n) is 14.8. The first kappa shape index (κ1) is 36.3. The van der Waals surface area contributed by atoms with E-state index in [-0.39, 0.29) is 36.0 Å². The van der Waals surface area contributed by atoms with Gasteiger partial charge in [-0.1, -0.05) is 114 Å². The fourth-order valence-electron chi connectivity index (χ4n) is 7.02. The van der Waals surface area contributed by atoms with Crippen molar-refractivity contribution in [2.45, 2.75) is 122 Å². The molecule has 6 atom stereocenters. The van der Waals surface area contributed by atoms with Crippen LogP contribution in [-0.4, -0.2) is 61.6 Å². The molecule has 2 bridgehead atoms. The second kappa shape index (κ2) is 16.0. The van der Waals surface area contributed by atoms with Gasteiger partial charge in [-0.25, -0.2) is 4.79 Å². The molecular formula is C39H56O6Si. The Morgan fingerprint density at radius 1 is 1.00 bits per heavy atom. The van der Waals surface area contributed by atoms with E-state index >= 15 is 0 Å². The van der Waals surface area contributed by atoms with Crippen LogP contribution in [0.2, 0.25) is 5.04 Å². The van der Waals surface area contributed by atoms with Crippen LogP contribution in [0.5, 0.6) is 0 Å². The highest BCUT2D eigenvalue weighted by molar-refractivity contribution is 6.99. The molecule has 2 N–H and O–H groups in total. The van der Waals surface area contributed by atoms with E-state index in [1.165, 1.54) is 16.4 Å². The van der Waals surface area contributed by atoms with Gasteiger partial charge in [0, 0.05) is 24.5 Å². The van der Waals surface area contributed by atoms with Gasteiger partial charge in [-0.05, 0) is 65.9 Å². The Bertz CT molecular complexity index is 1250. The Labute approximate surface area is 278 Å². The number of cyclic esters (lactones) is 1. The van der Waals surface area contributed by atoms with Crippen LogP contribution in [0.3, 0.4) is 0 Å². The summed E-state index contributed by atoms with van der Waals surface area (Å²) < 4.78 is 19.4. The van der Waals surface area contributed by atoms with Crippen LogP contribution in [0.15, 0.2) is 85.0 Å². The normalized spacial score (nSPS) is 27.8. The van der Waals surface area contributed by atoms with Gasteiger partial charge in [0.15, 0.2) is 0 Å². The molecule has 4 rings (SSSR count). The predicted molar refractivity (Wildman–Crippen MR) is 188 cm³/mol. The van der Waals surface area contributed by atoms with Gasteiger partial charge < -0.3 is 24.1 Å². The summed E-state index contributed by atoms with van der Waals surface area (Å²) in [5.74, 6) is -0.370. The number of aliphatic hydroxyl groups is 2.